The first-order valence-electron chi connectivity index (χ1n) is 5.30. The van der Waals surface area contributed by atoms with E-state index in [0.29, 0.717) is 17.1 Å². The second-order valence-electron chi connectivity index (χ2n) is 3.70. The van der Waals surface area contributed by atoms with E-state index in [4.69, 9.17) is 9.47 Å². The Morgan fingerprint density at radius 2 is 1.89 bits per heavy atom. The van der Waals surface area contributed by atoms with Crippen LogP contribution in [-0.2, 0) is 4.79 Å². The van der Waals surface area contributed by atoms with Crippen LogP contribution in [0, 0.1) is 0 Å². The van der Waals surface area contributed by atoms with Crippen molar-refractivity contribution in [1.82, 2.24) is 10.6 Å². The van der Waals surface area contributed by atoms with Gasteiger partial charge in [-0.05, 0) is 18.2 Å². The second-order valence-corrected chi connectivity index (χ2v) is 4.61. The van der Waals surface area contributed by atoms with Crippen molar-refractivity contribution in [3.05, 3.63) is 27.9 Å². The summed E-state index contributed by atoms with van der Waals surface area (Å²) in [7, 11) is 3.02. The third-order valence-electron chi connectivity index (χ3n) is 2.49. The van der Waals surface area contributed by atoms with Crippen LogP contribution in [0.2, 0.25) is 0 Å². The molecule has 0 spiro atoms. The van der Waals surface area contributed by atoms with Crippen LogP contribution in [-0.4, -0.2) is 26.2 Å². The zero-order chi connectivity index (χ0) is 14.0. The molecule has 1 aromatic carbocycles. The van der Waals surface area contributed by atoms with Gasteiger partial charge >= 0.3 is 6.03 Å². The minimum atomic E-state index is -0.544. The summed E-state index contributed by atoms with van der Waals surface area (Å²) in [5.41, 5.74) is 0.768. The van der Waals surface area contributed by atoms with Gasteiger partial charge in [-0.2, -0.15) is 0 Å². The molecule has 0 saturated carbocycles. The third kappa shape index (κ3) is 2.70. The number of imide groups is 1. The Labute approximate surface area is 117 Å². The average Bonchev–Trinajstić information content (AvgIpc) is 2.67. The highest BCUT2D eigenvalue weighted by molar-refractivity contribution is 9.10. The Morgan fingerprint density at radius 3 is 2.42 bits per heavy atom. The first kappa shape index (κ1) is 13.4. The van der Waals surface area contributed by atoms with Gasteiger partial charge in [0.1, 0.15) is 5.70 Å². The topological polar surface area (TPSA) is 76.7 Å². The standard InChI is InChI=1S/C12H11BrN2O4/c1-18-9-5-7(13)3-6(10(9)19-2)4-8-11(16)15-12(17)14-8/h3-5H,1-2H3,(H2,14,15,16,17). The molecule has 1 aliphatic heterocycles. The highest BCUT2D eigenvalue weighted by Gasteiger charge is 2.23. The van der Waals surface area contributed by atoms with Gasteiger partial charge in [-0.25, -0.2) is 4.79 Å². The molecule has 3 amide bonds. The van der Waals surface area contributed by atoms with E-state index < -0.39 is 11.9 Å². The molecule has 0 radical (unpaired) electrons. The van der Waals surface area contributed by atoms with Crippen molar-refractivity contribution in [1.29, 1.82) is 0 Å². The van der Waals surface area contributed by atoms with E-state index in [1.54, 1.807) is 12.1 Å². The minimum Gasteiger partial charge on any atom is -0.493 e. The van der Waals surface area contributed by atoms with Gasteiger partial charge in [0, 0.05) is 10.0 Å². The molecule has 0 aromatic heterocycles. The summed E-state index contributed by atoms with van der Waals surface area (Å²) in [6, 6.07) is 2.96. The summed E-state index contributed by atoms with van der Waals surface area (Å²) in [4.78, 5) is 22.5. The maximum Gasteiger partial charge on any atom is 0.326 e. The first-order valence-corrected chi connectivity index (χ1v) is 6.10. The molecule has 2 rings (SSSR count). The number of halogens is 1. The summed E-state index contributed by atoms with van der Waals surface area (Å²) in [5, 5.41) is 4.54. The molecule has 0 atom stereocenters. The molecule has 1 aliphatic rings. The maximum absolute atomic E-state index is 11.5. The van der Waals surface area contributed by atoms with Gasteiger partial charge in [-0.15, -0.1) is 0 Å². The van der Waals surface area contributed by atoms with Gasteiger partial charge in [0.25, 0.3) is 5.91 Å². The molecule has 1 fully saturated rings. The molecule has 1 heterocycles. The van der Waals surface area contributed by atoms with Crippen molar-refractivity contribution in [2.24, 2.45) is 0 Å². The summed E-state index contributed by atoms with van der Waals surface area (Å²) in [6.07, 6.45) is 1.52. The van der Waals surface area contributed by atoms with E-state index in [1.807, 2.05) is 0 Å². The van der Waals surface area contributed by atoms with Gasteiger partial charge < -0.3 is 14.8 Å². The Kier molecular flexibility index (Phi) is 3.75. The molecule has 1 aromatic rings. The Morgan fingerprint density at radius 1 is 1.16 bits per heavy atom. The number of benzene rings is 1. The fourth-order valence-corrected chi connectivity index (χ4v) is 2.16. The van der Waals surface area contributed by atoms with Crippen molar-refractivity contribution < 1.29 is 19.1 Å². The van der Waals surface area contributed by atoms with E-state index in [2.05, 4.69) is 26.6 Å². The van der Waals surface area contributed by atoms with E-state index in [1.165, 1.54) is 20.3 Å². The van der Waals surface area contributed by atoms with E-state index >= 15 is 0 Å². The number of hydrogen-bond donors (Lipinski definition) is 2. The summed E-state index contributed by atoms with van der Waals surface area (Å²) < 4.78 is 11.2. The van der Waals surface area contributed by atoms with Gasteiger partial charge in [-0.3, -0.25) is 10.1 Å². The fraction of sp³-hybridized carbons (Fsp3) is 0.167. The Hall–Kier alpha value is -2.02. The molecule has 7 heteroatoms. The van der Waals surface area contributed by atoms with Gasteiger partial charge in [0.15, 0.2) is 11.5 Å². The van der Waals surface area contributed by atoms with E-state index in [9.17, 15) is 9.59 Å². The molecular weight excluding hydrogens is 316 g/mol. The van der Waals surface area contributed by atoms with Crippen molar-refractivity contribution in [2.45, 2.75) is 0 Å². The number of carbonyl (C=O) groups excluding carboxylic acids is 2. The predicted octanol–water partition coefficient (Wildman–Crippen LogP) is 1.65. The molecule has 100 valence electrons. The van der Waals surface area contributed by atoms with Crippen LogP contribution in [0.5, 0.6) is 11.5 Å². The molecular formula is C12H11BrN2O4. The van der Waals surface area contributed by atoms with E-state index in [-0.39, 0.29) is 5.70 Å². The lowest BCUT2D eigenvalue weighted by Crippen LogP contribution is -2.22. The van der Waals surface area contributed by atoms with Crippen LogP contribution in [0.15, 0.2) is 22.3 Å². The normalized spacial score (nSPS) is 16.3. The highest BCUT2D eigenvalue weighted by Crippen LogP contribution is 2.35. The third-order valence-corrected chi connectivity index (χ3v) is 2.95. The highest BCUT2D eigenvalue weighted by atomic mass is 79.9. The zero-order valence-corrected chi connectivity index (χ0v) is 11.8. The number of amides is 3. The smallest absolute Gasteiger partial charge is 0.326 e. The largest absolute Gasteiger partial charge is 0.493 e. The van der Waals surface area contributed by atoms with Crippen LogP contribution in [0.4, 0.5) is 4.79 Å². The summed E-state index contributed by atoms with van der Waals surface area (Å²) in [5.74, 6) is 0.520. The van der Waals surface area contributed by atoms with Crippen LogP contribution in [0.1, 0.15) is 5.56 Å². The molecule has 0 aliphatic carbocycles. The van der Waals surface area contributed by atoms with Gasteiger partial charge in [0.05, 0.1) is 14.2 Å². The van der Waals surface area contributed by atoms with Crippen LogP contribution >= 0.6 is 15.9 Å². The lowest BCUT2D eigenvalue weighted by molar-refractivity contribution is -0.115. The Bertz CT molecular complexity index is 583. The molecule has 19 heavy (non-hydrogen) atoms. The van der Waals surface area contributed by atoms with Crippen molar-refractivity contribution in [3.8, 4) is 11.5 Å². The predicted molar refractivity (Wildman–Crippen MR) is 71.9 cm³/mol. The van der Waals surface area contributed by atoms with Crippen molar-refractivity contribution in [3.63, 3.8) is 0 Å². The number of hydrogen-bond acceptors (Lipinski definition) is 4. The van der Waals surface area contributed by atoms with Crippen molar-refractivity contribution in [2.75, 3.05) is 14.2 Å². The van der Waals surface area contributed by atoms with E-state index in [0.717, 1.165) is 4.47 Å². The van der Waals surface area contributed by atoms with Crippen LogP contribution in [0.3, 0.4) is 0 Å². The van der Waals surface area contributed by atoms with Crippen LogP contribution in [0.25, 0.3) is 6.08 Å². The number of carbonyl (C=O) groups is 2. The fourth-order valence-electron chi connectivity index (χ4n) is 1.70. The maximum atomic E-state index is 11.5. The second kappa shape index (κ2) is 5.31. The number of methoxy groups -OCH3 is 2. The molecule has 6 nitrogen and oxygen atoms in total. The van der Waals surface area contributed by atoms with Gasteiger partial charge in [0.2, 0.25) is 0 Å². The van der Waals surface area contributed by atoms with Crippen molar-refractivity contribution >= 4 is 33.9 Å². The molecule has 0 unspecified atom stereocenters. The van der Waals surface area contributed by atoms with Crippen LogP contribution < -0.4 is 20.1 Å². The van der Waals surface area contributed by atoms with Gasteiger partial charge in [-0.1, -0.05) is 15.9 Å². The quantitative estimate of drug-likeness (QED) is 0.654. The lowest BCUT2D eigenvalue weighted by atomic mass is 10.1. The number of urea groups is 1. The molecule has 0 bridgehead atoms. The Balaban J connectivity index is 2.50. The number of rotatable bonds is 3. The molecule has 1 saturated heterocycles. The number of ether oxygens (including phenoxy) is 2. The monoisotopic (exact) mass is 326 g/mol. The summed E-state index contributed by atoms with van der Waals surface area (Å²) >= 11 is 3.34. The molecule has 2 N–H and O–H groups in total. The average molecular weight is 327 g/mol. The SMILES string of the molecule is COc1cc(Br)cc(C=C2NC(=O)NC2=O)c1OC. The lowest BCUT2D eigenvalue weighted by Gasteiger charge is -2.11. The number of nitrogens with one attached hydrogen (secondary N) is 2. The minimum absolute atomic E-state index is 0.156. The summed E-state index contributed by atoms with van der Waals surface area (Å²) in [6.45, 7) is 0. The zero-order valence-electron chi connectivity index (χ0n) is 10.2. The first-order chi connectivity index (χ1) is 9.05.